The number of hydrogen-bond acceptors (Lipinski definition) is 2. The summed E-state index contributed by atoms with van der Waals surface area (Å²) in [5.41, 5.74) is 3.70. The molecule has 0 saturated carbocycles. The van der Waals surface area contributed by atoms with Crippen LogP contribution in [0.15, 0.2) is 48.5 Å². The Bertz CT molecular complexity index is 773. The maximum absolute atomic E-state index is 12.4. The molecule has 2 aromatic carbocycles. The van der Waals surface area contributed by atoms with Crippen molar-refractivity contribution >= 4 is 23.4 Å². The molecule has 0 aliphatic carbocycles. The van der Waals surface area contributed by atoms with Crippen molar-refractivity contribution in [1.29, 1.82) is 0 Å². The van der Waals surface area contributed by atoms with Gasteiger partial charge in [0.25, 0.3) is 0 Å². The largest absolute Gasteiger partial charge is 0.336 e. The molecular formula is C19H22N4O2. The van der Waals surface area contributed by atoms with Crippen LogP contribution >= 0.6 is 0 Å². The fourth-order valence-electron chi connectivity index (χ4n) is 2.73. The number of urea groups is 2. The van der Waals surface area contributed by atoms with Gasteiger partial charge in [-0.15, -0.1) is 0 Å². The molecule has 0 spiro atoms. The maximum atomic E-state index is 12.4. The summed E-state index contributed by atoms with van der Waals surface area (Å²) in [6.07, 6.45) is 0. The van der Waals surface area contributed by atoms with Crippen LogP contribution in [-0.2, 0) is 6.54 Å². The first-order chi connectivity index (χ1) is 12.0. The van der Waals surface area contributed by atoms with Crippen molar-refractivity contribution in [2.24, 2.45) is 0 Å². The van der Waals surface area contributed by atoms with Crippen LogP contribution < -0.4 is 15.5 Å². The summed E-state index contributed by atoms with van der Waals surface area (Å²) in [4.78, 5) is 27.4. The highest BCUT2D eigenvalue weighted by Gasteiger charge is 2.21. The van der Waals surface area contributed by atoms with E-state index in [0.717, 1.165) is 11.3 Å². The molecule has 0 unspecified atom stereocenters. The molecule has 2 aromatic rings. The van der Waals surface area contributed by atoms with E-state index in [1.807, 2.05) is 55.5 Å². The van der Waals surface area contributed by atoms with Gasteiger partial charge in [0.1, 0.15) is 0 Å². The molecule has 0 radical (unpaired) electrons. The van der Waals surface area contributed by atoms with Gasteiger partial charge in [-0.3, -0.25) is 4.90 Å². The zero-order valence-corrected chi connectivity index (χ0v) is 14.5. The molecule has 0 bridgehead atoms. The van der Waals surface area contributed by atoms with E-state index in [-0.39, 0.29) is 12.1 Å². The minimum Gasteiger partial charge on any atom is -0.336 e. The molecule has 3 rings (SSSR count). The summed E-state index contributed by atoms with van der Waals surface area (Å²) in [5.74, 6) is 0. The Hall–Kier alpha value is -3.02. The predicted molar refractivity (Wildman–Crippen MR) is 98.9 cm³/mol. The molecule has 1 aliphatic heterocycles. The first-order valence-electron chi connectivity index (χ1n) is 8.26. The third-order valence-electron chi connectivity index (χ3n) is 4.15. The van der Waals surface area contributed by atoms with E-state index in [9.17, 15) is 9.59 Å². The van der Waals surface area contributed by atoms with Gasteiger partial charge in [-0.2, -0.15) is 0 Å². The van der Waals surface area contributed by atoms with Crippen LogP contribution in [0.1, 0.15) is 11.1 Å². The third kappa shape index (κ3) is 4.09. The number of amides is 4. The highest BCUT2D eigenvalue weighted by atomic mass is 16.2. The zero-order chi connectivity index (χ0) is 17.8. The van der Waals surface area contributed by atoms with Crippen molar-refractivity contribution in [2.75, 3.05) is 30.4 Å². The molecule has 6 nitrogen and oxygen atoms in total. The fraction of sp³-hybridized carbons (Fsp3) is 0.263. The monoisotopic (exact) mass is 338 g/mol. The molecule has 1 heterocycles. The average Bonchev–Trinajstić information content (AvgIpc) is 3.03. The van der Waals surface area contributed by atoms with Gasteiger partial charge in [0.15, 0.2) is 0 Å². The van der Waals surface area contributed by atoms with Crippen LogP contribution in [0.2, 0.25) is 0 Å². The van der Waals surface area contributed by atoms with Gasteiger partial charge in [0.2, 0.25) is 0 Å². The molecule has 130 valence electrons. The number of benzene rings is 2. The van der Waals surface area contributed by atoms with E-state index in [1.54, 1.807) is 16.8 Å². The number of nitrogens with one attached hydrogen (secondary N) is 2. The van der Waals surface area contributed by atoms with Gasteiger partial charge in [0.05, 0.1) is 0 Å². The SMILES string of the molecule is Cc1ccc(CN(C)C(=O)Nc2cccc(N3CCNC3=O)c2)cc1. The lowest BCUT2D eigenvalue weighted by Crippen LogP contribution is -2.31. The van der Waals surface area contributed by atoms with Gasteiger partial charge in [0, 0.05) is 38.1 Å². The summed E-state index contributed by atoms with van der Waals surface area (Å²) in [7, 11) is 1.76. The Balaban J connectivity index is 1.64. The summed E-state index contributed by atoms with van der Waals surface area (Å²) in [6, 6.07) is 15.1. The minimum atomic E-state index is -0.191. The summed E-state index contributed by atoms with van der Waals surface area (Å²) < 4.78 is 0. The van der Waals surface area contributed by atoms with Crippen molar-refractivity contribution < 1.29 is 9.59 Å². The number of hydrogen-bond donors (Lipinski definition) is 2. The lowest BCUT2D eigenvalue weighted by molar-refractivity contribution is 0.220. The molecule has 2 N–H and O–H groups in total. The second-order valence-corrected chi connectivity index (χ2v) is 6.21. The van der Waals surface area contributed by atoms with E-state index in [1.165, 1.54) is 5.56 Å². The van der Waals surface area contributed by atoms with E-state index < -0.39 is 0 Å². The first kappa shape index (κ1) is 16.8. The summed E-state index contributed by atoms with van der Waals surface area (Å²) in [6.45, 7) is 3.83. The number of carbonyl (C=O) groups is 2. The highest BCUT2D eigenvalue weighted by molar-refractivity contribution is 5.95. The molecule has 4 amide bonds. The van der Waals surface area contributed by atoms with Crippen LogP contribution in [0.4, 0.5) is 21.0 Å². The second-order valence-electron chi connectivity index (χ2n) is 6.21. The molecule has 0 aromatic heterocycles. The number of rotatable bonds is 4. The van der Waals surface area contributed by atoms with E-state index >= 15 is 0 Å². The topological polar surface area (TPSA) is 64.7 Å². The second kappa shape index (κ2) is 7.25. The first-order valence-corrected chi connectivity index (χ1v) is 8.26. The maximum Gasteiger partial charge on any atom is 0.321 e. The summed E-state index contributed by atoms with van der Waals surface area (Å²) >= 11 is 0. The Labute approximate surface area is 147 Å². The highest BCUT2D eigenvalue weighted by Crippen LogP contribution is 2.21. The number of anilines is 2. The van der Waals surface area contributed by atoms with Gasteiger partial charge < -0.3 is 15.5 Å². The molecule has 6 heteroatoms. The van der Waals surface area contributed by atoms with Gasteiger partial charge in [-0.05, 0) is 30.7 Å². The van der Waals surface area contributed by atoms with Crippen LogP contribution in [0.5, 0.6) is 0 Å². The Morgan fingerprint density at radius 2 is 2.00 bits per heavy atom. The van der Waals surface area contributed by atoms with Gasteiger partial charge >= 0.3 is 12.1 Å². The van der Waals surface area contributed by atoms with Crippen molar-refractivity contribution in [3.63, 3.8) is 0 Å². The Morgan fingerprint density at radius 1 is 1.24 bits per heavy atom. The van der Waals surface area contributed by atoms with Crippen molar-refractivity contribution in [3.8, 4) is 0 Å². The van der Waals surface area contributed by atoms with Crippen LogP contribution in [0.25, 0.3) is 0 Å². The van der Waals surface area contributed by atoms with E-state index in [2.05, 4.69) is 10.6 Å². The molecule has 1 saturated heterocycles. The number of aryl methyl sites for hydroxylation is 1. The fourth-order valence-corrected chi connectivity index (χ4v) is 2.73. The van der Waals surface area contributed by atoms with E-state index in [0.29, 0.717) is 25.3 Å². The number of carbonyl (C=O) groups excluding carboxylic acids is 2. The Kier molecular flexibility index (Phi) is 4.88. The molecule has 0 atom stereocenters. The Morgan fingerprint density at radius 3 is 2.68 bits per heavy atom. The molecule has 25 heavy (non-hydrogen) atoms. The molecular weight excluding hydrogens is 316 g/mol. The average molecular weight is 338 g/mol. The van der Waals surface area contributed by atoms with Crippen LogP contribution in [0.3, 0.4) is 0 Å². The van der Waals surface area contributed by atoms with Crippen molar-refractivity contribution in [1.82, 2.24) is 10.2 Å². The van der Waals surface area contributed by atoms with Crippen molar-refractivity contribution in [2.45, 2.75) is 13.5 Å². The molecule has 1 fully saturated rings. The minimum absolute atomic E-state index is 0.111. The van der Waals surface area contributed by atoms with Crippen LogP contribution in [-0.4, -0.2) is 37.1 Å². The zero-order valence-electron chi connectivity index (χ0n) is 14.5. The smallest absolute Gasteiger partial charge is 0.321 e. The quantitative estimate of drug-likeness (QED) is 0.899. The van der Waals surface area contributed by atoms with E-state index in [4.69, 9.17) is 0 Å². The normalized spacial score (nSPS) is 13.5. The summed E-state index contributed by atoms with van der Waals surface area (Å²) in [5, 5.41) is 5.65. The predicted octanol–water partition coefficient (Wildman–Crippen LogP) is 3.19. The third-order valence-corrected chi connectivity index (χ3v) is 4.15. The van der Waals surface area contributed by atoms with Crippen LogP contribution in [0, 0.1) is 6.92 Å². The van der Waals surface area contributed by atoms with Gasteiger partial charge in [-0.25, -0.2) is 9.59 Å². The number of nitrogens with zero attached hydrogens (tertiary/aromatic N) is 2. The standard InChI is InChI=1S/C19H22N4O2/c1-14-6-8-15(9-7-14)13-22(2)19(25)21-16-4-3-5-17(12-16)23-11-10-20-18(23)24/h3-9,12H,10-11,13H2,1-2H3,(H,20,24)(H,21,25). The lowest BCUT2D eigenvalue weighted by atomic mass is 10.1. The van der Waals surface area contributed by atoms with Crippen molar-refractivity contribution in [3.05, 3.63) is 59.7 Å². The lowest BCUT2D eigenvalue weighted by Gasteiger charge is -2.19. The van der Waals surface area contributed by atoms with Gasteiger partial charge in [-0.1, -0.05) is 35.9 Å². The molecule has 1 aliphatic rings.